The van der Waals surface area contributed by atoms with Crippen LogP contribution in [0, 0.1) is 0 Å². The summed E-state index contributed by atoms with van der Waals surface area (Å²) in [6, 6.07) is 14.0. The Morgan fingerprint density at radius 1 is 1.04 bits per heavy atom. The number of hydrogen-bond donors (Lipinski definition) is 1. The van der Waals surface area contributed by atoms with Gasteiger partial charge in [0.2, 0.25) is 5.13 Å². The molecular formula is C14H12N8S2. The third-order valence-corrected chi connectivity index (χ3v) is 5.03. The highest BCUT2D eigenvalue weighted by molar-refractivity contribution is 8.01. The Balaban J connectivity index is 1.35. The monoisotopic (exact) mass is 356 g/mol. The fourth-order valence-corrected chi connectivity index (χ4v) is 3.74. The van der Waals surface area contributed by atoms with Gasteiger partial charge in [-0.2, -0.15) is 0 Å². The molecule has 0 spiro atoms. The standard InChI is InChI=1S/C14H12N8S2/c1-2-4-10(5-3-1)8-9-15-13-17-18-14(24-13)23-12-7-6-11-16-20-21-22(11)19-12/h1-7H,8-9H2,(H,15,17). The molecule has 0 aliphatic carbocycles. The quantitative estimate of drug-likeness (QED) is 0.562. The van der Waals surface area contributed by atoms with Gasteiger partial charge < -0.3 is 5.32 Å². The van der Waals surface area contributed by atoms with Gasteiger partial charge >= 0.3 is 0 Å². The molecule has 0 saturated heterocycles. The first kappa shape index (κ1) is 15.0. The smallest absolute Gasteiger partial charge is 0.206 e. The lowest BCUT2D eigenvalue weighted by molar-refractivity contribution is 0.702. The van der Waals surface area contributed by atoms with Crippen LogP contribution in [0.2, 0.25) is 0 Å². The van der Waals surface area contributed by atoms with Gasteiger partial charge in [-0.15, -0.1) is 25.0 Å². The van der Waals surface area contributed by atoms with Crippen molar-refractivity contribution >= 4 is 33.9 Å². The van der Waals surface area contributed by atoms with Crippen molar-refractivity contribution in [3.63, 3.8) is 0 Å². The van der Waals surface area contributed by atoms with E-state index in [1.807, 2.05) is 30.3 Å². The largest absolute Gasteiger partial charge is 0.360 e. The first-order valence-electron chi connectivity index (χ1n) is 7.21. The van der Waals surface area contributed by atoms with Crippen LogP contribution in [-0.4, -0.2) is 42.0 Å². The molecule has 4 aromatic rings. The Morgan fingerprint density at radius 3 is 2.88 bits per heavy atom. The lowest BCUT2D eigenvalue weighted by Gasteiger charge is -2.01. The second kappa shape index (κ2) is 6.89. The maximum Gasteiger partial charge on any atom is 0.206 e. The molecule has 0 radical (unpaired) electrons. The van der Waals surface area contributed by atoms with E-state index in [2.05, 4.69) is 48.3 Å². The Kier molecular flexibility index (Phi) is 4.30. The van der Waals surface area contributed by atoms with Crippen LogP contribution in [-0.2, 0) is 6.42 Å². The molecule has 0 bridgehead atoms. The third-order valence-electron chi connectivity index (χ3n) is 3.18. The van der Waals surface area contributed by atoms with Crippen molar-refractivity contribution in [2.75, 3.05) is 11.9 Å². The SMILES string of the molecule is c1ccc(CCNc2nnc(Sc3ccc4nnnn4n3)s2)cc1. The summed E-state index contributed by atoms with van der Waals surface area (Å²) in [7, 11) is 0. The number of fused-ring (bicyclic) bond motifs is 1. The van der Waals surface area contributed by atoms with Gasteiger partial charge in [-0.25, -0.2) is 0 Å². The van der Waals surface area contributed by atoms with E-state index in [1.165, 1.54) is 33.3 Å². The van der Waals surface area contributed by atoms with E-state index in [0.717, 1.165) is 27.5 Å². The summed E-state index contributed by atoms with van der Waals surface area (Å²) in [6.45, 7) is 0.818. The number of anilines is 1. The second-order valence-electron chi connectivity index (χ2n) is 4.84. The van der Waals surface area contributed by atoms with Crippen molar-refractivity contribution in [2.45, 2.75) is 15.8 Å². The molecule has 0 aliphatic rings. The van der Waals surface area contributed by atoms with Crippen LogP contribution in [0.3, 0.4) is 0 Å². The molecule has 24 heavy (non-hydrogen) atoms. The van der Waals surface area contributed by atoms with Gasteiger partial charge in [0.05, 0.1) is 0 Å². The van der Waals surface area contributed by atoms with Crippen LogP contribution in [0.5, 0.6) is 0 Å². The number of nitrogens with one attached hydrogen (secondary N) is 1. The summed E-state index contributed by atoms with van der Waals surface area (Å²) in [5.74, 6) is 0. The van der Waals surface area contributed by atoms with E-state index < -0.39 is 0 Å². The van der Waals surface area contributed by atoms with E-state index in [9.17, 15) is 0 Å². The van der Waals surface area contributed by atoms with E-state index in [4.69, 9.17) is 0 Å². The van der Waals surface area contributed by atoms with Crippen LogP contribution < -0.4 is 5.32 Å². The summed E-state index contributed by atoms with van der Waals surface area (Å²) >= 11 is 2.93. The lowest BCUT2D eigenvalue weighted by Crippen LogP contribution is -2.04. The van der Waals surface area contributed by atoms with Gasteiger partial charge in [-0.1, -0.05) is 41.7 Å². The molecule has 0 unspecified atom stereocenters. The van der Waals surface area contributed by atoms with Crippen LogP contribution in [0.15, 0.2) is 51.8 Å². The number of rotatable bonds is 6. The van der Waals surface area contributed by atoms with Gasteiger partial charge in [0.1, 0.15) is 5.03 Å². The molecule has 3 heterocycles. The predicted molar refractivity (Wildman–Crippen MR) is 91.2 cm³/mol. The summed E-state index contributed by atoms with van der Waals surface area (Å²) < 4.78 is 2.21. The molecule has 1 aromatic carbocycles. The highest BCUT2D eigenvalue weighted by Crippen LogP contribution is 2.30. The molecular weight excluding hydrogens is 344 g/mol. The number of benzene rings is 1. The molecule has 0 aliphatic heterocycles. The Hall–Kier alpha value is -2.59. The normalized spacial score (nSPS) is 11.0. The van der Waals surface area contributed by atoms with Crippen LogP contribution >= 0.6 is 23.1 Å². The molecule has 3 aromatic heterocycles. The van der Waals surface area contributed by atoms with Crippen LogP contribution in [0.4, 0.5) is 5.13 Å². The molecule has 8 nitrogen and oxygen atoms in total. The molecule has 0 saturated carbocycles. The maximum absolute atomic E-state index is 4.30. The van der Waals surface area contributed by atoms with E-state index in [1.54, 1.807) is 0 Å². The van der Waals surface area contributed by atoms with Gasteiger partial charge in [0.25, 0.3) is 0 Å². The van der Waals surface area contributed by atoms with E-state index in [0.29, 0.717) is 5.65 Å². The van der Waals surface area contributed by atoms with Crippen molar-refractivity contribution in [3.05, 3.63) is 48.0 Å². The Labute approximate surface area is 145 Å². The molecule has 0 amide bonds. The number of nitrogens with zero attached hydrogens (tertiary/aromatic N) is 7. The summed E-state index contributed by atoms with van der Waals surface area (Å²) in [5.41, 5.74) is 1.91. The molecule has 1 N–H and O–H groups in total. The zero-order valence-electron chi connectivity index (χ0n) is 12.4. The maximum atomic E-state index is 4.30. The fourth-order valence-electron chi connectivity index (χ4n) is 2.06. The third kappa shape index (κ3) is 3.49. The van der Waals surface area contributed by atoms with Crippen molar-refractivity contribution < 1.29 is 0 Å². The topological polar surface area (TPSA) is 93.8 Å². The molecule has 4 rings (SSSR count). The zero-order chi connectivity index (χ0) is 16.2. The summed E-state index contributed by atoms with van der Waals surface area (Å²) in [6.07, 6.45) is 0.945. The van der Waals surface area contributed by atoms with Crippen molar-refractivity contribution in [3.8, 4) is 0 Å². The van der Waals surface area contributed by atoms with Gasteiger partial charge in [0.15, 0.2) is 9.99 Å². The van der Waals surface area contributed by atoms with Crippen molar-refractivity contribution in [1.29, 1.82) is 0 Å². The fraction of sp³-hybridized carbons (Fsp3) is 0.143. The molecule has 0 fully saturated rings. The predicted octanol–water partition coefficient (Wildman–Crippen LogP) is 2.18. The number of aromatic nitrogens is 7. The number of tetrazole rings is 1. The van der Waals surface area contributed by atoms with E-state index in [-0.39, 0.29) is 0 Å². The van der Waals surface area contributed by atoms with Crippen LogP contribution in [0.1, 0.15) is 5.56 Å². The Bertz CT molecular complexity index is 936. The minimum absolute atomic E-state index is 0.611. The van der Waals surface area contributed by atoms with Crippen molar-refractivity contribution in [2.24, 2.45) is 0 Å². The Morgan fingerprint density at radius 2 is 1.96 bits per heavy atom. The first-order chi connectivity index (χ1) is 11.9. The van der Waals surface area contributed by atoms with Gasteiger partial charge in [-0.05, 0) is 46.3 Å². The molecule has 0 atom stereocenters. The zero-order valence-corrected chi connectivity index (χ0v) is 14.0. The average molecular weight is 356 g/mol. The van der Waals surface area contributed by atoms with Gasteiger partial charge in [0, 0.05) is 6.54 Å². The minimum atomic E-state index is 0.611. The highest BCUT2D eigenvalue weighted by Gasteiger charge is 2.08. The highest BCUT2D eigenvalue weighted by atomic mass is 32.2. The van der Waals surface area contributed by atoms with Crippen molar-refractivity contribution in [1.82, 2.24) is 35.5 Å². The number of hydrogen-bond acceptors (Lipinski definition) is 9. The van der Waals surface area contributed by atoms with E-state index >= 15 is 0 Å². The van der Waals surface area contributed by atoms with Gasteiger partial charge in [-0.3, -0.25) is 0 Å². The average Bonchev–Trinajstić information content (AvgIpc) is 3.25. The first-order valence-corrected chi connectivity index (χ1v) is 8.85. The molecule has 10 heteroatoms. The second-order valence-corrected chi connectivity index (χ2v) is 7.08. The molecule has 120 valence electrons. The van der Waals surface area contributed by atoms with Crippen LogP contribution in [0.25, 0.3) is 5.65 Å². The summed E-state index contributed by atoms with van der Waals surface area (Å²) in [4.78, 5) is 0. The minimum Gasteiger partial charge on any atom is -0.360 e. The lowest BCUT2D eigenvalue weighted by atomic mass is 10.2. The summed E-state index contributed by atoms with van der Waals surface area (Å²) in [5, 5.41) is 28.7.